The molecule has 2 heterocycles. The summed E-state index contributed by atoms with van der Waals surface area (Å²) in [6.45, 7) is 12.2. The van der Waals surface area contributed by atoms with E-state index in [4.69, 9.17) is 4.98 Å². The van der Waals surface area contributed by atoms with Crippen LogP contribution in [0, 0.1) is 11.3 Å². The number of hydrogen-bond acceptors (Lipinski definition) is 4. The number of aromatic nitrogens is 1. The van der Waals surface area contributed by atoms with E-state index in [-0.39, 0.29) is 23.1 Å². The second-order valence-electron chi connectivity index (χ2n) is 8.20. The first kappa shape index (κ1) is 20.9. The molecule has 1 N–H and O–H groups in total. The molecule has 1 aromatic heterocycles. The summed E-state index contributed by atoms with van der Waals surface area (Å²) in [6, 6.07) is 0. The molecule has 26 heavy (non-hydrogen) atoms. The molecule has 146 valence electrons. The highest BCUT2D eigenvalue weighted by Crippen LogP contribution is 2.32. The van der Waals surface area contributed by atoms with Crippen molar-refractivity contribution in [1.82, 2.24) is 15.2 Å². The van der Waals surface area contributed by atoms with Gasteiger partial charge in [0.05, 0.1) is 10.7 Å². The molecule has 0 bridgehead atoms. The number of likely N-dealkylation sites (tertiary alicyclic amines) is 1. The molecule has 6 heteroatoms. The second kappa shape index (κ2) is 8.98. The maximum atomic E-state index is 12.8. The third kappa shape index (κ3) is 5.29. The Balaban J connectivity index is 1.92. The van der Waals surface area contributed by atoms with Crippen LogP contribution < -0.4 is 5.32 Å². The zero-order valence-corrected chi connectivity index (χ0v) is 17.6. The smallest absolute Gasteiger partial charge is 0.228 e. The number of carbonyl (C=O) groups is 2. The number of thiazole rings is 1. The van der Waals surface area contributed by atoms with Crippen molar-refractivity contribution < 1.29 is 9.59 Å². The van der Waals surface area contributed by atoms with E-state index >= 15 is 0 Å². The second-order valence-corrected chi connectivity index (χ2v) is 9.09. The van der Waals surface area contributed by atoms with E-state index < -0.39 is 0 Å². The van der Waals surface area contributed by atoms with Crippen molar-refractivity contribution >= 4 is 23.2 Å². The number of piperidine rings is 1. The molecule has 0 saturated carbocycles. The Morgan fingerprint density at radius 3 is 2.81 bits per heavy atom. The number of nitrogens with zero attached hydrogens (tertiary/aromatic N) is 2. The monoisotopic (exact) mass is 379 g/mol. The average Bonchev–Trinajstić information content (AvgIpc) is 3.10. The van der Waals surface area contributed by atoms with Crippen molar-refractivity contribution in [1.29, 1.82) is 0 Å². The third-order valence-corrected chi connectivity index (χ3v) is 6.35. The maximum absolute atomic E-state index is 12.8. The van der Waals surface area contributed by atoms with Crippen molar-refractivity contribution in [3.05, 3.63) is 16.1 Å². The summed E-state index contributed by atoms with van der Waals surface area (Å²) < 4.78 is 0. The van der Waals surface area contributed by atoms with Crippen molar-refractivity contribution in [2.24, 2.45) is 11.3 Å². The van der Waals surface area contributed by atoms with Crippen LogP contribution in [0.15, 0.2) is 5.38 Å². The van der Waals surface area contributed by atoms with Gasteiger partial charge in [0.25, 0.3) is 0 Å². The molecule has 0 radical (unpaired) electrons. The lowest BCUT2D eigenvalue weighted by Crippen LogP contribution is -2.45. The molecule has 2 rings (SSSR count). The molecule has 1 atom stereocenters. The minimum Gasteiger partial charge on any atom is -0.355 e. The first-order chi connectivity index (χ1) is 12.2. The molecule has 0 aliphatic carbocycles. The van der Waals surface area contributed by atoms with Crippen LogP contribution in [-0.2, 0) is 16.0 Å². The van der Waals surface area contributed by atoms with Crippen molar-refractivity contribution in [2.75, 3.05) is 19.6 Å². The number of nitrogens with one attached hydrogen (secondary N) is 1. The average molecular weight is 380 g/mol. The summed E-state index contributed by atoms with van der Waals surface area (Å²) in [5, 5.41) is 6.15. The predicted octanol–water partition coefficient (Wildman–Crippen LogP) is 3.60. The molecule has 1 unspecified atom stereocenters. The highest BCUT2D eigenvalue weighted by molar-refractivity contribution is 7.09. The molecular weight excluding hydrogens is 346 g/mol. The minimum atomic E-state index is -0.287. The van der Waals surface area contributed by atoms with E-state index in [1.807, 2.05) is 32.6 Å². The first-order valence-electron chi connectivity index (χ1n) is 9.76. The molecular formula is C20H33N3O2S. The molecule has 0 spiro atoms. The van der Waals surface area contributed by atoms with Gasteiger partial charge in [-0.1, -0.05) is 34.6 Å². The van der Waals surface area contributed by atoms with Crippen LogP contribution in [0.25, 0.3) is 0 Å². The van der Waals surface area contributed by atoms with Crippen LogP contribution in [-0.4, -0.2) is 41.3 Å². The maximum Gasteiger partial charge on any atom is 0.228 e. The Morgan fingerprint density at radius 1 is 1.42 bits per heavy atom. The largest absolute Gasteiger partial charge is 0.355 e. The summed E-state index contributed by atoms with van der Waals surface area (Å²) in [7, 11) is 0. The van der Waals surface area contributed by atoms with Gasteiger partial charge in [-0.05, 0) is 19.3 Å². The Bertz CT molecular complexity index is 624. The van der Waals surface area contributed by atoms with Crippen molar-refractivity contribution in [3.63, 3.8) is 0 Å². The first-order valence-corrected chi connectivity index (χ1v) is 10.6. The number of carbonyl (C=O) groups excluding carboxylic acids is 2. The van der Waals surface area contributed by atoms with Gasteiger partial charge in [-0.15, -0.1) is 11.3 Å². The van der Waals surface area contributed by atoms with E-state index in [0.717, 1.165) is 49.5 Å². The summed E-state index contributed by atoms with van der Waals surface area (Å²) in [5.41, 5.74) is 0.747. The minimum absolute atomic E-state index is 0.0131. The zero-order valence-electron chi connectivity index (χ0n) is 16.8. The number of hydrogen-bond donors (Lipinski definition) is 1. The number of rotatable bonds is 7. The van der Waals surface area contributed by atoms with Gasteiger partial charge in [0.1, 0.15) is 0 Å². The van der Waals surface area contributed by atoms with Crippen molar-refractivity contribution in [3.8, 4) is 0 Å². The van der Waals surface area contributed by atoms with E-state index in [0.29, 0.717) is 12.5 Å². The highest BCUT2D eigenvalue weighted by Gasteiger charge is 2.34. The Hall–Kier alpha value is -1.43. The van der Waals surface area contributed by atoms with Gasteiger partial charge < -0.3 is 10.2 Å². The Kier molecular flexibility index (Phi) is 7.21. The van der Waals surface area contributed by atoms with Gasteiger partial charge in [-0.25, -0.2) is 4.98 Å². The van der Waals surface area contributed by atoms with Gasteiger partial charge >= 0.3 is 0 Å². The fraction of sp³-hybridized carbons (Fsp3) is 0.750. The van der Waals surface area contributed by atoms with Gasteiger partial charge in [-0.2, -0.15) is 0 Å². The molecule has 1 saturated heterocycles. The van der Waals surface area contributed by atoms with Gasteiger partial charge in [0.15, 0.2) is 0 Å². The van der Waals surface area contributed by atoms with Crippen LogP contribution in [0.1, 0.15) is 70.5 Å². The molecule has 1 aliphatic rings. The summed E-state index contributed by atoms with van der Waals surface area (Å²) in [6.07, 6.45) is 3.74. The zero-order chi connectivity index (χ0) is 19.3. The standard InChI is InChI=1S/C20H33N3O2S/c1-6-20(4,5)19(25)23-11-7-8-15(12-23)18-22-16(13-26-18)9-10-21-17(24)14(2)3/h13-15H,6-12H2,1-5H3,(H,21,24). The molecule has 0 aromatic carbocycles. The lowest BCUT2D eigenvalue weighted by molar-refractivity contribution is -0.141. The van der Waals surface area contributed by atoms with Gasteiger partial charge in [-0.3, -0.25) is 9.59 Å². The molecule has 1 aliphatic heterocycles. The van der Waals surface area contributed by atoms with E-state index in [1.54, 1.807) is 11.3 Å². The normalized spacial score (nSPS) is 18.2. The van der Waals surface area contributed by atoms with E-state index in [1.165, 1.54) is 0 Å². The van der Waals surface area contributed by atoms with E-state index in [9.17, 15) is 9.59 Å². The van der Waals surface area contributed by atoms with Crippen LogP contribution in [0.3, 0.4) is 0 Å². The molecule has 1 fully saturated rings. The van der Waals surface area contributed by atoms with Gasteiger partial charge in [0, 0.05) is 48.7 Å². The Morgan fingerprint density at radius 2 is 2.15 bits per heavy atom. The molecule has 1 aromatic rings. The Labute approximate surface area is 161 Å². The topological polar surface area (TPSA) is 62.3 Å². The van der Waals surface area contributed by atoms with Crippen LogP contribution in [0.2, 0.25) is 0 Å². The summed E-state index contributed by atoms with van der Waals surface area (Å²) in [4.78, 5) is 31.2. The predicted molar refractivity (Wildman–Crippen MR) is 106 cm³/mol. The summed E-state index contributed by atoms with van der Waals surface area (Å²) >= 11 is 1.69. The third-order valence-electron chi connectivity index (χ3n) is 5.29. The van der Waals surface area contributed by atoms with Crippen LogP contribution in [0.4, 0.5) is 0 Å². The fourth-order valence-corrected chi connectivity index (χ4v) is 4.07. The summed E-state index contributed by atoms with van der Waals surface area (Å²) in [5.74, 6) is 0.696. The van der Waals surface area contributed by atoms with Crippen molar-refractivity contribution in [2.45, 2.75) is 66.2 Å². The number of amides is 2. The highest BCUT2D eigenvalue weighted by atomic mass is 32.1. The molecule has 2 amide bonds. The quantitative estimate of drug-likeness (QED) is 0.787. The lowest BCUT2D eigenvalue weighted by Gasteiger charge is -2.36. The van der Waals surface area contributed by atoms with Crippen LogP contribution >= 0.6 is 11.3 Å². The SMILES string of the molecule is CCC(C)(C)C(=O)N1CCCC(c2nc(CCNC(=O)C(C)C)cs2)C1. The van der Waals surface area contributed by atoms with Crippen LogP contribution in [0.5, 0.6) is 0 Å². The lowest BCUT2D eigenvalue weighted by atomic mass is 9.87. The van der Waals surface area contributed by atoms with E-state index in [2.05, 4.69) is 17.6 Å². The fourth-order valence-electron chi connectivity index (χ4n) is 3.09. The molecule has 5 nitrogen and oxygen atoms in total. The van der Waals surface area contributed by atoms with Gasteiger partial charge in [0.2, 0.25) is 11.8 Å².